The highest BCUT2D eigenvalue weighted by atomic mass is 19.1. The minimum atomic E-state index is -1.34. The third-order valence-corrected chi connectivity index (χ3v) is 2.69. The number of halogens is 1. The van der Waals surface area contributed by atoms with Crippen LogP contribution in [0.5, 0.6) is 11.5 Å². The van der Waals surface area contributed by atoms with Gasteiger partial charge < -0.3 is 20.6 Å². The van der Waals surface area contributed by atoms with Crippen molar-refractivity contribution in [2.24, 2.45) is 0 Å². The summed E-state index contributed by atoms with van der Waals surface area (Å²) in [5, 5.41) is 30.0. The molecule has 6 nitrogen and oxygen atoms in total. The topological polar surface area (TPSA) is 107 Å². The number of amides is 1. The molecule has 2 aromatic carbocycles. The maximum atomic E-state index is 12.9. The van der Waals surface area contributed by atoms with Crippen LogP contribution in [0.25, 0.3) is 0 Å². The van der Waals surface area contributed by atoms with Crippen LogP contribution in [0.1, 0.15) is 20.7 Å². The fourth-order valence-corrected chi connectivity index (χ4v) is 1.70. The van der Waals surface area contributed by atoms with Crippen molar-refractivity contribution in [2.75, 3.05) is 5.32 Å². The number of hydrogen-bond acceptors (Lipinski definition) is 4. The number of carboxylic acids is 1. The van der Waals surface area contributed by atoms with Gasteiger partial charge in [-0.25, -0.2) is 9.18 Å². The second-order valence-corrected chi connectivity index (χ2v) is 4.15. The number of carboxylic acid groups (broad SMARTS) is 1. The molecule has 21 heavy (non-hydrogen) atoms. The van der Waals surface area contributed by atoms with E-state index in [4.69, 9.17) is 5.11 Å². The first-order chi connectivity index (χ1) is 9.88. The summed E-state index contributed by atoms with van der Waals surface area (Å²) in [6.07, 6.45) is 0. The fourth-order valence-electron chi connectivity index (χ4n) is 1.70. The Morgan fingerprint density at radius 3 is 2.33 bits per heavy atom. The molecular formula is C14H10FNO5. The number of carbonyl (C=O) groups is 2. The number of rotatable bonds is 3. The van der Waals surface area contributed by atoms with Gasteiger partial charge in [-0.15, -0.1) is 0 Å². The summed E-state index contributed by atoms with van der Waals surface area (Å²) in [5.74, 6) is -3.69. The number of phenols is 2. The molecule has 4 N–H and O–H groups in total. The molecule has 0 unspecified atom stereocenters. The van der Waals surface area contributed by atoms with Gasteiger partial charge in [0.05, 0.1) is 16.8 Å². The summed E-state index contributed by atoms with van der Waals surface area (Å²) in [5.41, 5.74) is -0.584. The SMILES string of the molecule is O=C(Nc1ccc(O)cc1C(=O)O)c1ccc(F)cc1O. The van der Waals surface area contributed by atoms with Crippen LogP contribution in [0.3, 0.4) is 0 Å². The van der Waals surface area contributed by atoms with Crippen LogP contribution >= 0.6 is 0 Å². The molecule has 0 fully saturated rings. The van der Waals surface area contributed by atoms with Gasteiger partial charge in [0, 0.05) is 6.07 Å². The zero-order valence-electron chi connectivity index (χ0n) is 10.5. The molecule has 0 aliphatic heterocycles. The van der Waals surface area contributed by atoms with E-state index < -0.39 is 23.4 Å². The molecule has 0 saturated heterocycles. The standard InChI is InChI=1S/C14H10FNO5/c15-7-1-3-9(12(18)5-7)13(19)16-11-4-2-8(17)6-10(11)14(20)21/h1-6,17-18H,(H,16,19)(H,20,21). The molecule has 0 aromatic heterocycles. The normalized spacial score (nSPS) is 10.1. The van der Waals surface area contributed by atoms with Crippen LogP contribution in [0.4, 0.5) is 10.1 Å². The monoisotopic (exact) mass is 291 g/mol. The number of hydrogen-bond donors (Lipinski definition) is 4. The van der Waals surface area contributed by atoms with E-state index in [1.807, 2.05) is 0 Å². The first-order valence-electron chi connectivity index (χ1n) is 5.74. The lowest BCUT2D eigenvalue weighted by molar-refractivity contribution is 0.0697. The highest BCUT2D eigenvalue weighted by Crippen LogP contribution is 2.24. The minimum absolute atomic E-state index is 0.0611. The smallest absolute Gasteiger partial charge is 0.337 e. The lowest BCUT2D eigenvalue weighted by Crippen LogP contribution is -2.15. The van der Waals surface area contributed by atoms with Crippen LogP contribution in [0.2, 0.25) is 0 Å². The number of nitrogens with one attached hydrogen (secondary N) is 1. The van der Waals surface area contributed by atoms with Gasteiger partial charge in [0.1, 0.15) is 17.3 Å². The van der Waals surface area contributed by atoms with Gasteiger partial charge in [-0.2, -0.15) is 0 Å². The van der Waals surface area contributed by atoms with Crippen LogP contribution in [-0.2, 0) is 0 Å². The number of phenolic OH excluding ortho intramolecular Hbond substituents is 2. The highest BCUT2D eigenvalue weighted by Gasteiger charge is 2.16. The zero-order valence-corrected chi connectivity index (χ0v) is 10.5. The van der Waals surface area contributed by atoms with Crippen LogP contribution < -0.4 is 5.32 Å². The molecule has 0 radical (unpaired) electrons. The quantitative estimate of drug-likeness (QED) is 0.648. The van der Waals surface area contributed by atoms with E-state index in [-0.39, 0.29) is 22.6 Å². The molecule has 0 bridgehead atoms. The van der Waals surface area contributed by atoms with E-state index >= 15 is 0 Å². The molecule has 0 atom stereocenters. The number of carbonyl (C=O) groups excluding carboxylic acids is 1. The summed E-state index contributed by atoms with van der Waals surface area (Å²) in [6, 6.07) is 6.21. The molecule has 7 heteroatoms. The third kappa shape index (κ3) is 3.08. The van der Waals surface area contributed by atoms with Crippen molar-refractivity contribution in [1.82, 2.24) is 0 Å². The van der Waals surface area contributed by atoms with Gasteiger partial charge in [0.2, 0.25) is 0 Å². The predicted molar refractivity (Wildman–Crippen MR) is 71.1 cm³/mol. The summed E-state index contributed by atoms with van der Waals surface area (Å²) in [4.78, 5) is 23.0. The molecule has 2 aromatic rings. The van der Waals surface area contributed by atoms with E-state index in [1.165, 1.54) is 12.1 Å². The van der Waals surface area contributed by atoms with E-state index in [0.29, 0.717) is 0 Å². The number of aromatic hydroxyl groups is 2. The maximum Gasteiger partial charge on any atom is 0.337 e. The Kier molecular flexibility index (Phi) is 3.75. The van der Waals surface area contributed by atoms with Crippen LogP contribution in [-0.4, -0.2) is 27.2 Å². The van der Waals surface area contributed by atoms with E-state index in [0.717, 1.165) is 24.3 Å². The van der Waals surface area contributed by atoms with Crippen molar-refractivity contribution >= 4 is 17.6 Å². The molecule has 108 valence electrons. The predicted octanol–water partition coefficient (Wildman–Crippen LogP) is 2.19. The minimum Gasteiger partial charge on any atom is -0.508 e. The summed E-state index contributed by atoms with van der Waals surface area (Å²) in [6.45, 7) is 0. The molecule has 1 amide bonds. The van der Waals surface area contributed by atoms with Gasteiger partial charge in [0.25, 0.3) is 5.91 Å². The van der Waals surface area contributed by atoms with Crippen molar-refractivity contribution in [3.63, 3.8) is 0 Å². The zero-order chi connectivity index (χ0) is 15.6. The molecule has 0 saturated carbocycles. The van der Waals surface area contributed by atoms with Crippen LogP contribution in [0.15, 0.2) is 36.4 Å². The average molecular weight is 291 g/mol. The number of aromatic carboxylic acids is 1. The summed E-state index contributed by atoms with van der Waals surface area (Å²) < 4.78 is 12.9. The Hall–Kier alpha value is -3.09. The van der Waals surface area contributed by atoms with E-state index in [1.54, 1.807) is 0 Å². The van der Waals surface area contributed by atoms with Gasteiger partial charge in [-0.1, -0.05) is 0 Å². The molecule has 2 rings (SSSR count). The van der Waals surface area contributed by atoms with Gasteiger partial charge in [-0.3, -0.25) is 4.79 Å². The highest BCUT2D eigenvalue weighted by molar-refractivity contribution is 6.09. The lowest BCUT2D eigenvalue weighted by atomic mass is 10.1. The number of benzene rings is 2. The van der Waals surface area contributed by atoms with Gasteiger partial charge in [0.15, 0.2) is 0 Å². The summed E-state index contributed by atoms with van der Waals surface area (Å²) in [7, 11) is 0. The van der Waals surface area contributed by atoms with Gasteiger partial charge in [-0.05, 0) is 30.3 Å². The fraction of sp³-hybridized carbons (Fsp3) is 0. The Labute approximate surface area is 118 Å². The largest absolute Gasteiger partial charge is 0.508 e. The Morgan fingerprint density at radius 1 is 1.00 bits per heavy atom. The second kappa shape index (κ2) is 5.49. The molecule has 0 heterocycles. The third-order valence-electron chi connectivity index (χ3n) is 2.69. The van der Waals surface area contributed by atoms with Gasteiger partial charge >= 0.3 is 5.97 Å². The van der Waals surface area contributed by atoms with Crippen molar-refractivity contribution in [2.45, 2.75) is 0 Å². The van der Waals surface area contributed by atoms with Crippen molar-refractivity contribution in [1.29, 1.82) is 0 Å². The first-order valence-corrected chi connectivity index (χ1v) is 5.74. The Balaban J connectivity index is 2.34. The molecule has 0 spiro atoms. The lowest BCUT2D eigenvalue weighted by Gasteiger charge is -2.10. The second-order valence-electron chi connectivity index (χ2n) is 4.15. The van der Waals surface area contributed by atoms with Crippen molar-refractivity contribution in [3.8, 4) is 11.5 Å². The summed E-state index contributed by atoms with van der Waals surface area (Å²) >= 11 is 0. The Bertz CT molecular complexity index is 729. The van der Waals surface area contributed by atoms with E-state index in [2.05, 4.69) is 5.32 Å². The van der Waals surface area contributed by atoms with Crippen molar-refractivity contribution < 1.29 is 29.3 Å². The molecular weight excluding hydrogens is 281 g/mol. The average Bonchev–Trinajstić information content (AvgIpc) is 2.40. The van der Waals surface area contributed by atoms with E-state index in [9.17, 15) is 24.2 Å². The Morgan fingerprint density at radius 2 is 1.71 bits per heavy atom. The maximum absolute atomic E-state index is 12.9. The van der Waals surface area contributed by atoms with Crippen LogP contribution in [0, 0.1) is 5.82 Å². The number of anilines is 1. The molecule has 0 aliphatic carbocycles. The first kappa shape index (κ1) is 14.3. The molecule has 0 aliphatic rings. The van der Waals surface area contributed by atoms with Crippen molar-refractivity contribution in [3.05, 3.63) is 53.3 Å².